The van der Waals surface area contributed by atoms with E-state index < -0.39 is 23.3 Å². The molecule has 0 spiro atoms. The Kier molecular flexibility index (Phi) is 3.45. The van der Waals surface area contributed by atoms with E-state index in [1.807, 2.05) is 0 Å². The Morgan fingerprint density at radius 1 is 1.29 bits per heavy atom. The molecule has 2 nitrogen and oxygen atoms in total. The van der Waals surface area contributed by atoms with Crippen molar-refractivity contribution < 1.29 is 18.6 Å². The van der Waals surface area contributed by atoms with E-state index in [1.54, 1.807) is 6.92 Å². The van der Waals surface area contributed by atoms with Crippen molar-refractivity contribution in [3.05, 3.63) is 35.4 Å². The van der Waals surface area contributed by atoms with Crippen LogP contribution in [0.5, 0.6) is 0 Å². The Bertz CT molecular complexity index is 380. The molecule has 1 aliphatic heterocycles. The molecule has 1 fully saturated rings. The summed E-state index contributed by atoms with van der Waals surface area (Å²) in [4.78, 5) is 0. The van der Waals surface area contributed by atoms with Gasteiger partial charge >= 0.3 is 0 Å². The van der Waals surface area contributed by atoms with E-state index in [-0.39, 0.29) is 5.56 Å². The van der Waals surface area contributed by atoms with Gasteiger partial charge in [-0.1, -0.05) is 6.07 Å². The molecule has 0 radical (unpaired) electrons. The molecule has 2 atom stereocenters. The maximum atomic E-state index is 13.6. The van der Waals surface area contributed by atoms with E-state index in [2.05, 4.69) is 0 Å². The van der Waals surface area contributed by atoms with Crippen LogP contribution < -0.4 is 0 Å². The van der Waals surface area contributed by atoms with Gasteiger partial charge in [-0.2, -0.15) is 0 Å². The van der Waals surface area contributed by atoms with Crippen molar-refractivity contribution in [1.29, 1.82) is 0 Å². The topological polar surface area (TPSA) is 29.5 Å². The molecule has 1 N–H and O–H groups in total. The molecular weight excluding hydrogens is 226 g/mol. The van der Waals surface area contributed by atoms with Gasteiger partial charge < -0.3 is 9.84 Å². The molecule has 1 aromatic carbocycles. The number of ether oxygens (including phenoxy) is 1. The lowest BCUT2D eigenvalue weighted by molar-refractivity contribution is -0.140. The van der Waals surface area contributed by atoms with E-state index in [1.165, 1.54) is 6.07 Å². The van der Waals surface area contributed by atoms with Crippen LogP contribution in [0.4, 0.5) is 8.78 Å². The molecule has 1 aromatic rings. The molecule has 94 valence electrons. The Hall–Kier alpha value is -1.00. The fraction of sp³-hybridized carbons (Fsp3) is 0.538. The van der Waals surface area contributed by atoms with Gasteiger partial charge in [-0.25, -0.2) is 8.78 Å². The zero-order valence-electron chi connectivity index (χ0n) is 9.75. The third-order valence-corrected chi connectivity index (χ3v) is 3.35. The quantitative estimate of drug-likeness (QED) is 0.864. The lowest BCUT2D eigenvalue weighted by Crippen LogP contribution is -2.40. The Balaban J connectivity index is 2.32. The van der Waals surface area contributed by atoms with Gasteiger partial charge in [0.25, 0.3) is 0 Å². The number of halogens is 2. The molecule has 2 unspecified atom stereocenters. The standard InChI is InChI=1S/C13H16F2O2/c1-13(7-2-3-8-17-13)12(16)11-9(14)5-4-6-10(11)15/h4-6,12,16H,2-3,7-8H2,1H3. The average molecular weight is 242 g/mol. The highest BCUT2D eigenvalue weighted by atomic mass is 19.1. The molecule has 1 heterocycles. The van der Waals surface area contributed by atoms with Crippen molar-refractivity contribution in [1.82, 2.24) is 0 Å². The summed E-state index contributed by atoms with van der Waals surface area (Å²) >= 11 is 0. The van der Waals surface area contributed by atoms with E-state index in [0.717, 1.165) is 25.0 Å². The number of aliphatic hydroxyl groups excluding tert-OH is 1. The molecule has 0 aliphatic carbocycles. The highest BCUT2D eigenvalue weighted by Crippen LogP contribution is 2.38. The summed E-state index contributed by atoms with van der Waals surface area (Å²) in [5, 5.41) is 10.2. The molecule has 17 heavy (non-hydrogen) atoms. The van der Waals surface area contributed by atoms with Crippen LogP contribution in [0, 0.1) is 11.6 Å². The van der Waals surface area contributed by atoms with Crippen molar-refractivity contribution in [2.45, 2.75) is 37.9 Å². The molecule has 4 heteroatoms. The second-order valence-corrected chi connectivity index (χ2v) is 4.66. The first-order valence-electron chi connectivity index (χ1n) is 5.80. The van der Waals surface area contributed by atoms with Crippen LogP contribution in [-0.2, 0) is 4.74 Å². The summed E-state index contributed by atoms with van der Waals surface area (Å²) in [7, 11) is 0. The first-order valence-corrected chi connectivity index (χ1v) is 5.80. The monoisotopic (exact) mass is 242 g/mol. The van der Waals surface area contributed by atoms with E-state index in [0.29, 0.717) is 13.0 Å². The first-order chi connectivity index (χ1) is 8.04. The number of hydrogen-bond acceptors (Lipinski definition) is 2. The number of aliphatic hydroxyl groups is 1. The number of hydrogen-bond donors (Lipinski definition) is 1. The highest BCUT2D eigenvalue weighted by Gasteiger charge is 2.39. The van der Waals surface area contributed by atoms with Crippen molar-refractivity contribution in [2.24, 2.45) is 0 Å². The van der Waals surface area contributed by atoms with Crippen LogP contribution in [-0.4, -0.2) is 17.3 Å². The largest absolute Gasteiger partial charge is 0.385 e. The lowest BCUT2D eigenvalue weighted by Gasteiger charge is -2.38. The van der Waals surface area contributed by atoms with Gasteiger partial charge in [0.1, 0.15) is 17.7 Å². The second-order valence-electron chi connectivity index (χ2n) is 4.66. The van der Waals surface area contributed by atoms with Crippen LogP contribution >= 0.6 is 0 Å². The Morgan fingerprint density at radius 3 is 2.47 bits per heavy atom. The van der Waals surface area contributed by atoms with Crippen molar-refractivity contribution in [2.75, 3.05) is 6.61 Å². The van der Waals surface area contributed by atoms with E-state index >= 15 is 0 Å². The molecule has 0 amide bonds. The molecular formula is C13H16F2O2. The van der Waals surface area contributed by atoms with Gasteiger partial charge in [-0.15, -0.1) is 0 Å². The van der Waals surface area contributed by atoms with Gasteiger partial charge in [0.2, 0.25) is 0 Å². The van der Waals surface area contributed by atoms with Gasteiger partial charge in [0, 0.05) is 6.61 Å². The lowest BCUT2D eigenvalue weighted by atomic mass is 9.86. The highest BCUT2D eigenvalue weighted by molar-refractivity contribution is 5.24. The summed E-state index contributed by atoms with van der Waals surface area (Å²) in [5.74, 6) is -1.46. The molecule has 1 aliphatic rings. The number of rotatable bonds is 2. The smallest absolute Gasteiger partial charge is 0.132 e. The van der Waals surface area contributed by atoms with Gasteiger partial charge in [-0.3, -0.25) is 0 Å². The van der Waals surface area contributed by atoms with Gasteiger partial charge in [0.15, 0.2) is 0 Å². The summed E-state index contributed by atoms with van der Waals surface area (Å²) < 4.78 is 32.6. The molecule has 0 aromatic heterocycles. The fourth-order valence-corrected chi connectivity index (χ4v) is 2.25. The zero-order chi connectivity index (χ0) is 12.5. The maximum absolute atomic E-state index is 13.6. The van der Waals surface area contributed by atoms with Crippen LogP contribution in [0.3, 0.4) is 0 Å². The predicted molar refractivity (Wildman–Crippen MR) is 59.5 cm³/mol. The van der Waals surface area contributed by atoms with Crippen LogP contribution in [0.25, 0.3) is 0 Å². The maximum Gasteiger partial charge on any atom is 0.132 e. The Labute approximate surface area is 99.2 Å². The van der Waals surface area contributed by atoms with Crippen LogP contribution in [0.15, 0.2) is 18.2 Å². The van der Waals surface area contributed by atoms with Crippen LogP contribution in [0.1, 0.15) is 37.9 Å². The van der Waals surface area contributed by atoms with Crippen molar-refractivity contribution >= 4 is 0 Å². The molecule has 2 rings (SSSR count). The number of benzene rings is 1. The third kappa shape index (κ3) is 2.33. The minimum atomic E-state index is -1.27. The van der Waals surface area contributed by atoms with Crippen molar-refractivity contribution in [3.63, 3.8) is 0 Å². The minimum Gasteiger partial charge on any atom is -0.385 e. The summed E-state index contributed by atoms with van der Waals surface area (Å²) in [6, 6.07) is 3.58. The van der Waals surface area contributed by atoms with Crippen molar-refractivity contribution in [3.8, 4) is 0 Å². The van der Waals surface area contributed by atoms with Gasteiger partial charge in [0.05, 0.1) is 11.2 Å². The molecule has 1 saturated heterocycles. The van der Waals surface area contributed by atoms with Crippen LogP contribution in [0.2, 0.25) is 0 Å². The Morgan fingerprint density at radius 2 is 1.94 bits per heavy atom. The SMILES string of the molecule is CC1(C(O)c2c(F)cccc2F)CCCCO1. The minimum absolute atomic E-state index is 0.295. The fourth-order valence-electron chi connectivity index (χ4n) is 2.25. The molecule has 0 saturated carbocycles. The summed E-state index contributed by atoms with van der Waals surface area (Å²) in [6.45, 7) is 2.21. The summed E-state index contributed by atoms with van der Waals surface area (Å²) in [6.07, 6.45) is 1.14. The van der Waals surface area contributed by atoms with E-state index in [4.69, 9.17) is 4.74 Å². The third-order valence-electron chi connectivity index (χ3n) is 3.35. The normalized spacial score (nSPS) is 26.8. The predicted octanol–water partition coefficient (Wildman–Crippen LogP) is 2.96. The first kappa shape index (κ1) is 12.5. The van der Waals surface area contributed by atoms with Gasteiger partial charge in [-0.05, 0) is 38.3 Å². The van der Waals surface area contributed by atoms with E-state index in [9.17, 15) is 13.9 Å². The average Bonchev–Trinajstić information content (AvgIpc) is 2.29. The zero-order valence-corrected chi connectivity index (χ0v) is 9.75. The molecule has 0 bridgehead atoms. The second kappa shape index (κ2) is 4.70. The summed E-state index contributed by atoms with van der Waals surface area (Å²) in [5.41, 5.74) is -1.20.